The Labute approximate surface area is 201 Å². The Morgan fingerprint density at radius 2 is 1.21 bits per heavy atom. The van der Waals surface area contributed by atoms with E-state index < -0.39 is 11.7 Å². The van der Waals surface area contributed by atoms with Crippen LogP contribution in [0.2, 0.25) is 0 Å². The highest BCUT2D eigenvalue weighted by Gasteiger charge is 2.38. The molecule has 0 bridgehead atoms. The van der Waals surface area contributed by atoms with Gasteiger partial charge in [0, 0.05) is 0 Å². The second kappa shape index (κ2) is 13.1. The fourth-order valence-corrected chi connectivity index (χ4v) is 3.76. The Balaban J connectivity index is 1.97. The van der Waals surface area contributed by atoms with Crippen molar-refractivity contribution in [3.63, 3.8) is 0 Å². The highest BCUT2D eigenvalue weighted by atomic mass is 16.5. The van der Waals surface area contributed by atoms with E-state index in [0.29, 0.717) is 13.2 Å². The molecule has 7 nitrogen and oxygen atoms in total. The molecule has 0 radical (unpaired) electrons. The molecule has 3 rings (SSSR count). The van der Waals surface area contributed by atoms with Crippen LogP contribution in [0.4, 0.5) is 0 Å². The first kappa shape index (κ1) is 25.7. The van der Waals surface area contributed by atoms with Gasteiger partial charge >= 0.3 is 0 Å². The van der Waals surface area contributed by atoms with Crippen molar-refractivity contribution < 1.29 is 28.8 Å². The van der Waals surface area contributed by atoms with Crippen LogP contribution in [0.25, 0.3) is 0 Å². The molecule has 7 heteroatoms. The van der Waals surface area contributed by atoms with Gasteiger partial charge in [-0.1, -0.05) is 54.6 Å². The lowest BCUT2D eigenvalue weighted by molar-refractivity contribution is -0.0687. The van der Waals surface area contributed by atoms with E-state index in [1.807, 2.05) is 78.9 Å². The summed E-state index contributed by atoms with van der Waals surface area (Å²) in [7, 11) is 3.27. The minimum atomic E-state index is -0.983. The third-order valence-electron chi connectivity index (χ3n) is 5.47. The number of benzene rings is 3. The first-order valence-electron chi connectivity index (χ1n) is 11.2. The minimum Gasteiger partial charge on any atom is -0.497 e. The number of hydrogen-bond acceptors (Lipinski definition) is 7. The molecule has 3 aromatic rings. The SMILES string of the molecule is COc1ccc(C(OCC(O)COCCOCN)(c2ccccc2)c2ccc(OC)cc2)cc1. The van der Waals surface area contributed by atoms with Crippen LogP contribution in [-0.4, -0.2) is 58.6 Å². The smallest absolute Gasteiger partial charge is 0.143 e. The second-order valence-corrected chi connectivity index (χ2v) is 7.62. The number of ether oxygens (including phenoxy) is 5. The van der Waals surface area contributed by atoms with Crippen LogP contribution in [0.1, 0.15) is 16.7 Å². The van der Waals surface area contributed by atoms with Crippen molar-refractivity contribution >= 4 is 0 Å². The highest BCUT2D eigenvalue weighted by Crippen LogP contribution is 2.41. The van der Waals surface area contributed by atoms with Crippen LogP contribution < -0.4 is 15.2 Å². The van der Waals surface area contributed by atoms with Gasteiger partial charge in [0.15, 0.2) is 0 Å². The van der Waals surface area contributed by atoms with Gasteiger partial charge in [-0.15, -0.1) is 0 Å². The molecule has 0 aromatic heterocycles. The van der Waals surface area contributed by atoms with E-state index in [9.17, 15) is 5.11 Å². The van der Waals surface area contributed by atoms with Gasteiger partial charge in [-0.2, -0.15) is 0 Å². The van der Waals surface area contributed by atoms with E-state index in [0.717, 1.165) is 28.2 Å². The molecular formula is C27H33NO6. The molecule has 0 heterocycles. The van der Waals surface area contributed by atoms with E-state index >= 15 is 0 Å². The standard InChI is InChI=1S/C27H33NO6/c1-30-25-12-8-22(9-13-25)27(21-6-4-3-5-7-21,23-10-14-26(31-2)15-11-23)34-19-24(29)18-32-16-17-33-20-28/h3-15,24,29H,16-20,28H2,1-2H3. The van der Waals surface area contributed by atoms with Crippen molar-refractivity contribution in [2.24, 2.45) is 5.73 Å². The minimum absolute atomic E-state index is 0.0463. The largest absolute Gasteiger partial charge is 0.497 e. The Hall–Kier alpha value is -2.94. The van der Waals surface area contributed by atoms with E-state index in [-0.39, 0.29) is 19.9 Å². The number of aliphatic hydroxyl groups excluding tert-OH is 1. The molecule has 34 heavy (non-hydrogen) atoms. The summed E-state index contributed by atoms with van der Waals surface area (Å²) < 4.78 is 27.9. The number of aliphatic hydroxyl groups is 1. The van der Waals surface area contributed by atoms with Crippen molar-refractivity contribution in [1.29, 1.82) is 0 Å². The number of hydrogen-bond donors (Lipinski definition) is 2. The van der Waals surface area contributed by atoms with E-state index in [1.165, 1.54) is 0 Å². The van der Waals surface area contributed by atoms with Crippen LogP contribution in [-0.2, 0) is 19.8 Å². The molecule has 3 N–H and O–H groups in total. The zero-order valence-electron chi connectivity index (χ0n) is 19.7. The molecule has 0 fully saturated rings. The summed E-state index contributed by atoms with van der Waals surface area (Å²) in [5.41, 5.74) is 7.04. The highest BCUT2D eigenvalue weighted by molar-refractivity contribution is 5.49. The van der Waals surface area contributed by atoms with Gasteiger partial charge in [-0.05, 0) is 41.0 Å². The Kier molecular flexibility index (Phi) is 9.88. The lowest BCUT2D eigenvalue weighted by Gasteiger charge is -2.36. The van der Waals surface area contributed by atoms with Crippen LogP contribution in [0, 0.1) is 0 Å². The van der Waals surface area contributed by atoms with Gasteiger partial charge in [0.1, 0.15) is 23.2 Å². The van der Waals surface area contributed by atoms with Crippen molar-refractivity contribution in [3.05, 3.63) is 95.6 Å². The van der Waals surface area contributed by atoms with Gasteiger partial charge in [0.2, 0.25) is 0 Å². The first-order valence-corrected chi connectivity index (χ1v) is 11.2. The van der Waals surface area contributed by atoms with Gasteiger partial charge < -0.3 is 34.5 Å². The summed E-state index contributed by atoms with van der Waals surface area (Å²) in [5.74, 6) is 1.49. The summed E-state index contributed by atoms with van der Waals surface area (Å²) in [6, 6.07) is 25.4. The molecule has 0 amide bonds. The zero-order valence-corrected chi connectivity index (χ0v) is 19.7. The molecule has 1 unspecified atom stereocenters. The predicted molar refractivity (Wildman–Crippen MR) is 130 cm³/mol. The average molecular weight is 468 g/mol. The third-order valence-corrected chi connectivity index (χ3v) is 5.47. The van der Waals surface area contributed by atoms with E-state index in [2.05, 4.69) is 0 Å². The van der Waals surface area contributed by atoms with Crippen LogP contribution in [0.5, 0.6) is 11.5 Å². The molecule has 3 aromatic carbocycles. The fraction of sp³-hybridized carbons (Fsp3) is 0.333. The molecule has 0 spiro atoms. The van der Waals surface area contributed by atoms with Crippen LogP contribution in [0.3, 0.4) is 0 Å². The van der Waals surface area contributed by atoms with Crippen molar-refractivity contribution in [2.45, 2.75) is 11.7 Å². The van der Waals surface area contributed by atoms with Crippen LogP contribution >= 0.6 is 0 Å². The van der Waals surface area contributed by atoms with Gasteiger partial charge in [-0.3, -0.25) is 0 Å². The normalized spacial score (nSPS) is 12.4. The Bertz CT molecular complexity index is 915. The zero-order chi connectivity index (χ0) is 24.2. The molecule has 0 saturated heterocycles. The maximum absolute atomic E-state index is 10.6. The van der Waals surface area contributed by atoms with Gasteiger partial charge in [-0.25, -0.2) is 0 Å². The summed E-state index contributed by atoms with van der Waals surface area (Å²) in [6.07, 6.45) is -0.836. The summed E-state index contributed by atoms with van der Waals surface area (Å²) in [5, 5.41) is 10.6. The van der Waals surface area contributed by atoms with E-state index in [1.54, 1.807) is 14.2 Å². The monoisotopic (exact) mass is 467 g/mol. The Morgan fingerprint density at radius 3 is 1.71 bits per heavy atom. The quantitative estimate of drug-likeness (QED) is 0.213. The molecule has 0 aliphatic rings. The van der Waals surface area contributed by atoms with Crippen molar-refractivity contribution in [2.75, 3.05) is 47.4 Å². The molecule has 1 atom stereocenters. The second-order valence-electron chi connectivity index (χ2n) is 7.62. The first-order chi connectivity index (χ1) is 16.6. The Morgan fingerprint density at radius 1 is 0.706 bits per heavy atom. The van der Waals surface area contributed by atoms with Crippen molar-refractivity contribution in [1.82, 2.24) is 0 Å². The summed E-state index contributed by atoms with van der Waals surface area (Å²) in [6.45, 7) is 1.01. The van der Waals surface area contributed by atoms with Crippen LogP contribution in [0.15, 0.2) is 78.9 Å². The third kappa shape index (κ3) is 6.34. The molecular weight excluding hydrogens is 434 g/mol. The van der Waals surface area contributed by atoms with Gasteiger partial charge in [0.05, 0.1) is 47.4 Å². The fourth-order valence-electron chi connectivity index (χ4n) is 3.76. The number of nitrogens with two attached hydrogens (primary N) is 1. The maximum Gasteiger partial charge on any atom is 0.143 e. The molecule has 0 aliphatic heterocycles. The van der Waals surface area contributed by atoms with Gasteiger partial charge in [0.25, 0.3) is 0 Å². The lowest BCUT2D eigenvalue weighted by Crippen LogP contribution is -2.36. The number of rotatable bonds is 14. The topological polar surface area (TPSA) is 92.4 Å². The average Bonchev–Trinajstić information content (AvgIpc) is 2.90. The van der Waals surface area contributed by atoms with Crippen molar-refractivity contribution in [3.8, 4) is 11.5 Å². The molecule has 182 valence electrons. The maximum atomic E-state index is 10.6. The molecule has 0 saturated carbocycles. The summed E-state index contributed by atoms with van der Waals surface area (Å²) in [4.78, 5) is 0. The predicted octanol–water partition coefficient (Wildman–Crippen LogP) is 3.32. The van der Waals surface area contributed by atoms with E-state index in [4.69, 9.17) is 29.4 Å². The summed E-state index contributed by atoms with van der Waals surface area (Å²) >= 11 is 0. The lowest BCUT2D eigenvalue weighted by atomic mass is 9.80. The number of methoxy groups -OCH3 is 2. The molecule has 0 aliphatic carbocycles.